The van der Waals surface area contributed by atoms with Crippen molar-refractivity contribution in [3.05, 3.63) is 34.1 Å². The third-order valence-electron chi connectivity index (χ3n) is 4.99. The van der Waals surface area contributed by atoms with Crippen LogP contribution in [0.3, 0.4) is 0 Å². The molecule has 0 aromatic heterocycles. The normalized spacial score (nSPS) is 20.1. The molecule has 1 unspecified atom stereocenters. The van der Waals surface area contributed by atoms with E-state index >= 15 is 0 Å². The minimum Gasteiger partial charge on any atom is -0.368 e. The average Bonchev–Trinajstić information content (AvgIpc) is 3.22. The lowest BCUT2D eigenvalue weighted by molar-refractivity contribution is -0.142. The fourth-order valence-electron chi connectivity index (χ4n) is 3.46. The van der Waals surface area contributed by atoms with E-state index in [1.54, 1.807) is 19.2 Å². The van der Waals surface area contributed by atoms with Crippen LogP contribution in [0.5, 0.6) is 0 Å². The summed E-state index contributed by atoms with van der Waals surface area (Å²) >= 11 is 3.22. The number of hydrogen-bond donors (Lipinski definition) is 1. The van der Waals surface area contributed by atoms with Gasteiger partial charge >= 0.3 is 0 Å². The van der Waals surface area contributed by atoms with Crippen molar-refractivity contribution in [1.82, 2.24) is 15.1 Å². The highest BCUT2D eigenvalue weighted by Gasteiger charge is 2.30. The maximum absolute atomic E-state index is 13.3. The largest absolute Gasteiger partial charge is 0.368 e. The van der Waals surface area contributed by atoms with Gasteiger partial charge in [-0.15, -0.1) is 24.0 Å². The van der Waals surface area contributed by atoms with Crippen LogP contribution < -0.4 is 5.32 Å². The number of hydrogen-bond acceptors (Lipinski definition) is 3. The van der Waals surface area contributed by atoms with Gasteiger partial charge in [-0.2, -0.15) is 0 Å². The van der Waals surface area contributed by atoms with Gasteiger partial charge in [0.1, 0.15) is 11.9 Å². The lowest BCUT2D eigenvalue weighted by Gasteiger charge is -2.37. The summed E-state index contributed by atoms with van der Waals surface area (Å²) in [6.07, 6.45) is 2.33. The van der Waals surface area contributed by atoms with Crippen LogP contribution in [0.4, 0.5) is 4.39 Å². The molecule has 1 aromatic rings. The van der Waals surface area contributed by atoms with E-state index in [9.17, 15) is 9.18 Å². The molecule has 2 aliphatic rings. The van der Waals surface area contributed by atoms with Gasteiger partial charge in [-0.1, -0.05) is 6.07 Å². The Balaban J connectivity index is 0.00000280. The summed E-state index contributed by atoms with van der Waals surface area (Å²) in [6.45, 7) is 4.27. The van der Waals surface area contributed by atoms with Crippen molar-refractivity contribution in [2.75, 3.05) is 46.4 Å². The van der Waals surface area contributed by atoms with Crippen molar-refractivity contribution < 1.29 is 13.9 Å². The summed E-state index contributed by atoms with van der Waals surface area (Å²) in [4.78, 5) is 20.9. The zero-order valence-electron chi connectivity index (χ0n) is 16.0. The molecule has 2 saturated heterocycles. The van der Waals surface area contributed by atoms with Gasteiger partial charge in [0.2, 0.25) is 0 Å². The molecule has 3 rings (SSSR count). The van der Waals surface area contributed by atoms with E-state index in [0.29, 0.717) is 30.7 Å². The Morgan fingerprint density at radius 3 is 2.64 bits per heavy atom. The van der Waals surface area contributed by atoms with Crippen LogP contribution in [-0.4, -0.2) is 74.1 Å². The van der Waals surface area contributed by atoms with Crippen molar-refractivity contribution in [3.63, 3.8) is 0 Å². The van der Waals surface area contributed by atoms with E-state index in [0.717, 1.165) is 43.9 Å². The van der Waals surface area contributed by atoms with Gasteiger partial charge in [0.05, 0.1) is 4.47 Å². The van der Waals surface area contributed by atoms with Crippen molar-refractivity contribution in [1.29, 1.82) is 0 Å². The second-order valence-electron chi connectivity index (χ2n) is 6.79. The number of rotatable bonds is 4. The second-order valence-corrected chi connectivity index (χ2v) is 7.64. The molecular weight excluding hydrogens is 542 g/mol. The molecule has 1 amide bonds. The van der Waals surface area contributed by atoms with Gasteiger partial charge in [-0.3, -0.25) is 9.79 Å². The molecule has 0 radical (unpaired) electrons. The van der Waals surface area contributed by atoms with Crippen LogP contribution in [0, 0.1) is 5.82 Å². The van der Waals surface area contributed by atoms with Gasteiger partial charge in [-0.25, -0.2) is 4.39 Å². The molecule has 0 saturated carbocycles. The number of ether oxygens (including phenoxy) is 1. The molecule has 2 fully saturated rings. The van der Waals surface area contributed by atoms with Crippen molar-refractivity contribution in [2.45, 2.75) is 25.4 Å². The molecule has 1 N–H and O–H groups in total. The van der Waals surface area contributed by atoms with E-state index in [-0.39, 0.29) is 41.8 Å². The first-order valence-electron chi connectivity index (χ1n) is 9.38. The van der Waals surface area contributed by atoms with Crippen LogP contribution in [0.15, 0.2) is 27.7 Å². The standard InChI is InChI=1S/C19H26BrFN4O2.HI/c1-22-19(23-7-6-14-4-5-16(21)15(20)13-14)25-10-8-24(9-11-25)18(26)17-3-2-12-27-17;/h4-5,13,17H,2-3,6-12H2,1H3,(H,22,23);1H. The highest BCUT2D eigenvalue weighted by Crippen LogP contribution is 2.17. The second kappa shape index (κ2) is 11.3. The molecule has 156 valence electrons. The number of piperazine rings is 1. The van der Waals surface area contributed by atoms with E-state index < -0.39 is 0 Å². The maximum atomic E-state index is 13.3. The number of nitrogens with one attached hydrogen (secondary N) is 1. The Labute approximate surface area is 191 Å². The van der Waals surface area contributed by atoms with Gasteiger partial charge in [0.15, 0.2) is 5.96 Å². The number of carbonyl (C=O) groups is 1. The first-order valence-corrected chi connectivity index (χ1v) is 10.2. The van der Waals surface area contributed by atoms with Crippen LogP contribution >= 0.6 is 39.9 Å². The molecule has 1 atom stereocenters. The molecule has 6 nitrogen and oxygen atoms in total. The number of benzene rings is 1. The molecule has 9 heteroatoms. The van der Waals surface area contributed by atoms with Crippen molar-refractivity contribution in [2.24, 2.45) is 4.99 Å². The van der Waals surface area contributed by atoms with Crippen LogP contribution in [0.1, 0.15) is 18.4 Å². The molecule has 2 heterocycles. The number of guanidine groups is 1. The third kappa shape index (κ3) is 6.03. The maximum Gasteiger partial charge on any atom is 0.251 e. The van der Waals surface area contributed by atoms with Gasteiger partial charge < -0.3 is 19.9 Å². The van der Waals surface area contributed by atoms with Crippen LogP contribution in [0.25, 0.3) is 0 Å². The summed E-state index contributed by atoms with van der Waals surface area (Å²) < 4.78 is 19.3. The Bertz CT molecular complexity index is 693. The Morgan fingerprint density at radius 2 is 2.04 bits per heavy atom. The van der Waals surface area contributed by atoms with Crippen LogP contribution in [-0.2, 0) is 16.0 Å². The molecule has 0 bridgehead atoms. The molecule has 0 spiro atoms. The fraction of sp³-hybridized carbons (Fsp3) is 0.579. The van der Waals surface area contributed by atoms with Crippen molar-refractivity contribution >= 4 is 51.8 Å². The highest BCUT2D eigenvalue weighted by atomic mass is 127. The average molecular weight is 569 g/mol. The quantitative estimate of drug-likeness (QED) is 0.345. The summed E-state index contributed by atoms with van der Waals surface area (Å²) in [5.74, 6) is 0.704. The number of aliphatic imine (C=N–C) groups is 1. The number of halogens is 3. The van der Waals surface area contributed by atoms with E-state index in [1.165, 1.54) is 6.07 Å². The van der Waals surface area contributed by atoms with Gasteiger partial charge in [0, 0.05) is 46.4 Å². The molecule has 28 heavy (non-hydrogen) atoms. The first-order chi connectivity index (χ1) is 13.1. The predicted molar refractivity (Wildman–Crippen MR) is 122 cm³/mol. The number of nitrogens with zero attached hydrogens (tertiary/aromatic N) is 3. The van der Waals surface area contributed by atoms with Gasteiger partial charge in [0.25, 0.3) is 5.91 Å². The minimum absolute atomic E-state index is 0. The highest BCUT2D eigenvalue weighted by molar-refractivity contribution is 14.0. The number of amides is 1. The van der Waals surface area contributed by atoms with E-state index in [1.807, 2.05) is 4.90 Å². The topological polar surface area (TPSA) is 57.2 Å². The van der Waals surface area contributed by atoms with Crippen LogP contribution in [0.2, 0.25) is 0 Å². The third-order valence-corrected chi connectivity index (χ3v) is 5.60. The minimum atomic E-state index is -0.252. The zero-order chi connectivity index (χ0) is 19.2. The summed E-state index contributed by atoms with van der Waals surface area (Å²) in [5.41, 5.74) is 1.05. The van der Waals surface area contributed by atoms with Crippen molar-refractivity contribution in [3.8, 4) is 0 Å². The molecular formula is C19H27BrFIN4O2. The first kappa shape index (κ1) is 23.3. The Morgan fingerprint density at radius 1 is 1.32 bits per heavy atom. The lowest BCUT2D eigenvalue weighted by atomic mass is 10.1. The molecule has 1 aromatic carbocycles. The lowest BCUT2D eigenvalue weighted by Crippen LogP contribution is -2.55. The summed E-state index contributed by atoms with van der Waals surface area (Å²) in [5, 5.41) is 3.36. The zero-order valence-corrected chi connectivity index (χ0v) is 19.9. The molecule has 2 aliphatic heterocycles. The Hall–Kier alpha value is -0.940. The SMILES string of the molecule is CN=C(NCCc1ccc(F)c(Br)c1)N1CCN(C(=O)C2CCCO2)CC1.I. The van der Waals surface area contributed by atoms with Gasteiger partial charge in [-0.05, 0) is 52.9 Å². The smallest absolute Gasteiger partial charge is 0.251 e. The number of carbonyl (C=O) groups excluding carboxylic acids is 1. The summed E-state index contributed by atoms with van der Waals surface area (Å²) in [6, 6.07) is 5.06. The predicted octanol–water partition coefficient (Wildman–Crippen LogP) is 2.65. The summed E-state index contributed by atoms with van der Waals surface area (Å²) in [7, 11) is 1.76. The molecule has 0 aliphatic carbocycles. The fourth-order valence-corrected chi connectivity index (χ4v) is 3.89. The van der Waals surface area contributed by atoms with E-state index in [4.69, 9.17) is 4.74 Å². The monoisotopic (exact) mass is 568 g/mol. The Kier molecular flexibility index (Phi) is 9.42. The van der Waals surface area contributed by atoms with E-state index in [2.05, 4.69) is 31.1 Å².